The second-order valence-electron chi connectivity index (χ2n) is 3.78. The highest BCUT2D eigenvalue weighted by Gasteiger charge is 2.04. The van der Waals surface area contributed by atoms with Crippen LogP contribution in [-0.2, 0) is 0 Å². The normalized spacial score (nSPS) is 16.4. The van der Waals surface area contributed by atoms with E-state index >= 15 is 0 Å². The van der Waals surface area contributed by atoms with E-state index in [0.29, 0.717) is 6.42 Å². The van der Waals surface area contributed by atoms with Crippen molar-refractivity contribution < 1.29 is 0 Å². The van der Waals surface area contributed by atoms with Crippen LogP contribution in [0.3, 0.4) is 0 Å². The molecule has 0 amide bonds. The van der Waals surface area contributed by atoms with Crippen LogP contribution < -0.4 is 0 Å². The van der Waals surface area contributed by atoms with Crippen LogP contribution in [0.2, 0.25) is 0 Å². The topological polar surface area (TPSA) is 36.1 Å². The highest BCUT2D eigenvalue weighted by molar-refractivity contribution is 6.03. The minimum atomic E-state index is 0.420. The van der Waals surface area contributed by atoms with Crippen LogP contribution in [0.5, 0.6) is 0 Å². The number of aliphatic imine (C=N–C) groups is 1. The number of allylic oxidation sites excluding steroid dienone is 7. The highest BCUT2D eigenvalue weighted by Crippen LogP contribution is 2.13. The lowest BCUT2D eigenvalue weighted by Crippen LogP contribution is -1.98. The summed E-state index contributed by atoms with van der Waals surface area (Å²) in [6.45, 7) is 4.13. The Morgan fingerprint density at radius 1 is 1.59 bits per heavy atom. The molecule has 0 aromatic heterocycles. The zero-order valence-electron chi connectivity index (χ0n) is 10.5. The zero-order chi connectivity index (χ0) is 12.5. The van der Waals surface area contributed by atoms with Crippen LogP contribution in [0, 0.1) is 11.3 Å². The summed E-state index contributed by atoms with van der Waals surface area (Å²) in [4.78, 5) is 4.47. The summed E-state index contributed by atoms with van der Waals surface area (Å²) in [5.74, 6) is 0. The average Bonchev–Trinajstić information content (AvgIpc) is 2.57. The molecule has 2 nitrogen and oxygen atoms in total. The van der Waals surface area contributed by atoms with Crippen LogP contribution in [0.25, 0.3) is 0 Å². The van der Waals surface area contributed by atoms with Gasteiger partial charge in [-0.15, -0.1) is 0 Å². The van der Waals surface area contributed by atoms with Crippen molar-refractivity contribution in [1.82, 2.24) is 0 Å². The molecule has 0 radical (unpaired) electrons. The van der Waals surface area contributed by atoms with Crippen molar-refractivity contribution in [2.45, 2.75) is 33.1 Å². The van der Waals surface area contributed by atoms with E-state index in [1.165, 1.54) is 0 Å². The van der Waals surface area contributed by atoms with Gasteiger partial charge in [0.15, 0.2) is 0 Å². The van der Waals surface area contributed by atoms with Crippen LogP contribution in [0.1, 0.15) is 33.1 Å². The first-order valence-corrected chi connectivity index (χ1v) is 5.94. The summed E-state index contributed by atoms with van der Waals surface area (Å²) in [5.41, 5.74) is 3.18. The second-order valence-corrected chi connectivity index (χ2v) is 3.78. The standard InChI is InChI=1S/C15H18N2/c1-3-5-8-14(4-2)15-9-6-7-13(10-11-16)12-17-15/h4-8,12H,3,9-10H2,1-2H3. The van der Waals surface area contributed by atoms with Crippen molar-refractivity contribution in [3.8, 4) is 6.07 Å². The molecule has 0 N–H and O–H groups in total. The third-order valence-corrected chi connectivity index (χ3v) is 2.49. The van der Waals surface area contributed by atoms with E-state index in [4.69, 9.17) is 5.26 Å². The van der Waals surface area contributed by atoms with Gasteiger partial charge in [-0.05, 0) is 24.5 Å². The molecule has 0 unspecified atom stereocenters. The largest absolute Gasteiger partial charge is 0.260 e. The summed E-state index contributed by atoms with van der Waals surface area (Å²) in [6, 6.07) is 2.14. The number of hydrogen-bond acceptors (Lipinski definition) is 2. The molecule has 0 atom stereocenters. The highest BCUT2D eigenvalue weighted by atomic mass is 14.7. The molecule has 2 heteroatoms. The summed E-state index contributed by atoms with van der Waals surface area (Å²) < 4.78 is 0. The van der Waals surface area contributed by atoms with Gasteiger partial charge in [0.2, 0.25) is 0 Å². The molecular formula is C15H18N2. The van der Waals surface area contributed by atoms with E-state index in [1.54, 1.807) is 6.20 Å². The molecule has 0 saturated heterocycles. The van der Waals surface area contributed by atoms with Gasteiger partial charge in [-0.2, -0.15) is 5.26 Å². The molecule has 1 rings (SSSR count). The lowest BCUT2D eigenvalue weighted by Gasteiger charge is -2.02. The average molecular weight is 226 g/mol. The maximum Gasteiger partial charge on any atom is 0.0670 e. The lowest BCUT2D eigenvalue weighted by atomic mass is 10.1. The van der Waals surface area contributed by atoms with Gasteiger partial charge < -0.3 is 0 Å². The molecule has 0 aliphatic carbocycles. The van der Waals surface area contributed by atoms with Crippen molar-refractivity contribution in [2.75, 3.05) is 0 Å². The fraction of sp³-hybridized carbons (Fsp3) is 0.333. The molecule has 0 aromatic rings. The van der Waals surface area contributed by atoms with Gasteiger partial charge in [0.05, 0.1) is 18.2 Å². The fourth-order valence-corrected chi connectivity index (χ4v) is 1.57. The Hall–Kier alpha value is -1.88. The third kappa shape index (κ3) is 4.24. The molecule has 0 bridgehead atoms. The van der Waals surface area contributed by atoms with Crippen LogP contribution in [0.4, 0.5) is 0 Å². The summed E-state index contributed by atoms with van der Waals surface area (Å²) in [6.07, 6.45) is 14.4. The Kier molecular flexibility index (Phi) is 5.74. The Balaban J connectivity index is 2.89. The summed E-state index contributed by atoms with van der Waals surface area (Å²) in [5, 5.41) is 8.65. The van der Waals surface area contributed by atoms with Gasteiger partial charge in [-0.3, -0.25) is 4.99 Å². The first kappa shape index (κ1) is 13.2. The van der Waals surface area contributed by atoms with Gasteiger partial charge in [-0.25, -0.2) is 0 Å². The zero-order valence-corrected chi connectivity index (χ0v) is 10.5. The van der Waals surface area contributed by atoms with E-state index < -0.39 is 0 Å². The van der Waals surface area contributed by atoms with Gasteiger partial charge in [0, 0.05) is 12.6 Å². The molecule has 0 saturated carbocycles. The smallest absolute Gasteiger partial charge is 0.0670 e. The van der Waals surface area contributed by atoms with Crippen LogP contribution >= 0.6 is 0 Å². The number of nitriles is 1. The Labute approximate surface area is 103 Å². The van der Waals surface area contributed by atoms with E-state index in [1.807, 2.05) is 13.0 Å². The van der Waals surface area contributed by atoms with Crippen molar-refractivity contribution in [1.29, 1.82) is 5.26 Å². The third-order valence-electron chi connectivity index (χ3n) is 2.49. The SMILES string of the molecule is CC=C(C=CCC)C1=NC=C(CC#N)C=CC1. The second kappa shape index (κ2) is 7.40. The Morgan fingerprint density at radius 3 is 3.06 bits per heavy atom. The maximum absolute atomic E-state index is 8.65. The molecular weight excluding hydrogens is 208 g/mol. The number of nitrogens with zero attached hydrogens (tertiary/aromatic N) is 2. The molecule has 0 spiro atoms. The molecule has 1 aliphatic rings. The van der Waals surface area contributed by atoms with E-state index in [-0.39, 0.29) is 0 Å². The Bertz CT molecular complexity index is 440. The molecule has 88 valence electrons. The lowest BCUT2D eigenvalue weighted by molar-refractivity contribution is 1.22. The fourth-order valence-electron chi connectivity index (χ4n) is 1.57. The number of hydrogen-bond donors (Lipinski definition) is 0. The summed E-state index contributed by atoms with van der Waals surface area (Å²) in [7, 11) is 0. The molecule has 1 heterocycles. The monoisotopic (exact) mass is 226 g/mol. The van der Waals surface area contributed by atoms with Gasteiger partial charge in [-0.1, -0.05) is 37.3 Å². The van der Waals surface area contributed by atoms with Crippen molar-refractivity contribution >= 4 is 5.71 Å². The van der Waals surface area contributed by atoms with Crippen molar-refractivity contribution in [3.63, 3.8) is 0 Å². The Morgan fingerprint density at radius 2 is 2.41 bits per heavy atom. The molecule has 0 aromatic carbocycles. The quantitative estimate of drug-likeness (QED) is 0.665. The van der Waals surface area contributed by atoms with Crippen LogP contribution in [0.15, 0.2) is 52.7 Å². The molecule has 0 fully saturated rings. The van der Waals surface area contributed by atoms with Crippen molar-refractivity contribution in [2.24, 2.45) is 4.99 Å². The van der Waals surface area contributed by atoms with Crippen molar-refractivity contribution in [3.05, 3.63) is 47.7 Å². The first-order chi connectivity index (χ1) is 8.31. The first-order valence-electron chi connectivity index (χ1n) is 5.94. The van der Waals surface area contributed by atoms with E-state index in [2.05, 4.69) is 42.3 Å². The summed E-state index contributed by atoms with van der Waals surface area (Å²) >= 11 is 0. The van der Waals surface area contributed by atoms with Crippen LogP contribution in [-0.4, -0.2) is 5.71 Å². The molecule has 1 aliphatic heterocycles. The van der Waals surface area contributed by atoms with E-state index in [9.17, 15) is 0 Å². The van der Waals surface area contributed by atoms with Gasteiger partial charge >= 0.3 is 0 Å². The van der Waals surface area contributed by atoms with Gasteiger partial charge in [0.25, 0.3) is 0 Å². The predicted octanol–water partition coefficient (Wildman–Crippen LogP) is 4.10. The number of rotatable bonds is 4. The van der Waals surface area contributed by atoms with Gasteiger partial charge in [0.1, 0.15) is 0 Å². The molecule has 17 heavy (non-hydrogen) atoms. The minimum absolute atomic E-state index is 0.420. The predicted molar refractivity (Wildman–Crippen MR) is 72.7 cm³/mol. The van der Waals surface area contributed by atoms with E-state index in [0.717, 1.165) is 29.7 Å². The minimum Gasteiger partial charge on any atom is -0.260 e. The maximum atomic E-state index is 8.65.